The average molecular weight is 359 g/mol. The van der Waals surface area contributed by atoms with Gasteiger partial charge in [0.2, 0.25) is 17.7 Å². The van der Waals surface area contributed by atoms with E-state index in [0.29, 0.717) is 19.3 Å². The zero-order valence-corrected chi connectivity index (χ0v) is 16.0. The lowest BCUT2D eigenvalue weighted by Crippen LogP contribution is -2.55. The molecule has 0 saturated carbocycles. The van der Waals surface area contributed by atoms with Gasteiger partial charge in [-0.25, -0.2) is 0 Å². The highest BCUT2D eigenvalue weighted by atomic mass is 16.5. The second kappa shape index (κ2) is 11.8. The lowest BCUT2D eigenvalue weighted by atomic mass is 10.0. The summed E-state index contributed by atoms with van der Waals surface area (Å²) >= 11 is 0. The Morgan fingerprint density at radius 2 is 1.72 bits per heavy atom. The molecule has 0 rings (SSSR count). The van der Waals surface area contributed by atoms with Crippen molar-refractivity contribution in [2.24, 2.45) is 11.7 Å². The zero-order chi connectivity index (χ0) is 19.6. The van der Waals surface area contributed by atoms with Gasteiger partial charge in [0.1, 0.15) is 12.1 Å². The van der Waals surface area contributed by atoms with E-state index in [1.807, 2.05) is 20.8 Å². The molecule has 0 saturated heterocycles. The number of nitrogens with two attached hydrogens (primary N) is 1. The summed E-state index contributed by atoms with van der Waals surface area (Å²) in [7, 11) is 3.05. The number of nitrogens with zero attached hydrogens (tertiary/aromatic N) is 2. The summed E-state index contributed by atoms with van der Waals surface area (Å²) in [4.78, 5) is 39.5. The number of amides is 3. The number of aliphatic hydroxyl groups is 1. The smallest absolute Gasteiger partial charge is 0.248 e. The maximum absolute atomic E-state index is 12.9. The molecule has 3 N–H and O–H groups in total. The first-order chi connectivity index (χ1) is 11.7. The van der Waals surface area contributed by atoms with Crippen LogP contribution in [0.2, 0.25) is 0 Å². The SMILES string of the molecule is CCCC(=O)N(C)[C@H](COCCO)C(=O)N(C)[C@@H](CC(C)C)C(N)=O. The van der Waals surface area contributed by atoms with Gasteiger partial charge in [-0.15, -0.1) is 0 Å². The Hall–Kier alpha value is -1.67. The number of primary amides is 1. The van der Waals surface area contributed by atoms with Gasteiger partial charge in [0, 0.05) is 20.5 Å². The number of rotatable bonds is 12. The van der Waals surface area contributed by atoms with E-state index < -0.39 is 23.9 Å². The van der Waals surface area contributed by atoms with Gasteiger partial charge in [0.25, 0.3) is 0 Å². The third kappa shape index (κ3) is 7.83. The van der Waals surface area contributed by atoms with Crippen molar-refractivity contribution in [2.75, 3.05) is 33.9 Å². The molecule has 2 atom stereocenters. The van der Waals surface area contributed by atoms with Crippen LogP contribution in [0, 0.1) is 5.92 Å². The predicted octanol–water partition coefficient (Wildman–Crippen LogP) is -0.0192. The second-order valence-corrected chi connectivity index (χ2v) is 6.57. The van der Waals surface area contributed by atoms with Crippen LogP contribution in [-0.2, 0) is 19.1 Å². The quantitative estimate of drug-likeness (QED) is 0.476. The molecule has 25 heavy (non-hydrogen) atoms. The molecule has 0 aliphatic rings. The highest BCUT2D eigenvalue weighted by Gasteiger charge is 2.34. The van der Waals surface area contributed by atoms with E-state index in [0.717, 1.165) is 0 Å². The summed E-state index contributed by atoms with van der Waals surface area (Å²) in [5.74, 6) is -0.992. The summed E-state index contributed by atoms with van der Waals surface area (Å²) in [6, 6.07) is -1.62. The van der Waals surface area contributed by atoms with Crippen molar-refractivity contribution in [3.63, 3.8) is 0 Å². The minimum atomic E-state index is -0.871. The molecule has 0 aliphatic carbocycles. The number of carbonyl (C=O) groups is 3. The van der Waals surface area contributed by atoms with Crippen LogP contribution in [0.25, 0.3) is 0 Å². The van der Waals surface area contributed by atoms with Gasteiger partial charge in [-0.3, -0.25) is 14.4 Å². The number of ether oxygens (including phenoxy) is 1. The van der Waals surface area contributed by atoms with E-state index in [2.05, 4.69) is 0 Å². The van der Waals surface area contributed by atoms with E-state index >= 15 is 0 Å². The van der Waals surface area contributed by atoms with Gasteiger partial charge >= 0.3 is 0 Å². The fourth-order valence-corrected chi connectivity index (χ4v) is 2.47. The lowest BCUT2D eigenvalue weighted by molar-refractivity contribution is -0.149. The van der Waals surface area contributed by atoms with Gasteiger partial charge < -0.3 is 25.4 Å². The summed E-state index contributed by atoms with van der Waals surface area (Å²) in [6.45, 7) is 5.58. The van der Waals surface area contributed by atoms with Crippen LogP contribution in [0.3, 0.4) is 0 Å². The largest absolute Gasteiger partial charge is 0.394 e. The Balaban J connectivity index is 5.33. The fourth-order valence-electron chi connectivity index (χ4n) is 2.47. The molecule has 0 unspecified atom stereocenters. The first-order valence-corrected chi connectivity index (χ1v) is 8.67. The summed E-state index contributed by atoms with van der Waals surface area (Å²) in [6.07, 6.45) is 1.42. The molecule has 0 radical (unpaired) electrons. The van der Waals surface area contributed by atoms with E-state index in [4.69, 9.17) is 15.6 Å². The summed E-state index contributed by atoms with van der Waals surface area (Å²) in [5.41, 5.74) is 5.45. The monoisotopic (exact) mass is 359 g/mol. The maximum atomic E-state index is 12.9. The van der Waals surface area contributed by atoms with Gasteiger partial charge in [-0.2, -0.15) is 0 Å². The third-order valence-corrected chi connectivity index (χ3v) is 3.96. The normalized spacial score (nSPS) is 13.4. The first kappa shape index (κ1) is 23.3. The Morgan fingerprint density at radius 1 is 1.12 bits per heavy atom. The molecule has 0 aromatic carbocycles. The standard InChI is InChI=1S/C17H33N3O5/c1-6-7-15(22)19(4)14(11-25-9-8-21)17(24)20(5)13(16(18)23)10-12(2)3/h12-14,21H,6-11H2,1-5H3,(H2,18,23)/t13-,14+/m0/s1. The minimum Gasteiger partial charge on any atom is -0.394 e. The van der Waals surface area contributed by atoms with Crippen LogP contribution < -0.4 is 5.73 Å². The molecule has 0 heterocycles. The van der Waals surface area contributed by atoms with Crippen LogP contribution in [0.4, 0.5) is 0 Å². The molecular weight excluding hydrogens is 326 g/mol. The number of hydrogen-bond donors (Lipinski definition) is 2. The number of hydrogen-bond acceptors (Lipinski definition) is 5. The minimum absolute atomic E-state index is 0.0527. The van der Waals surface area contributed by atoms with Crippen LogP contribution in [0.15, 0.2) is 0 Å². The molecular formula is C17H33N3O5. The van der Waals surface area contributed by atoms with E-state index in [1.165, 1.54) is 16.8 Å². The molecule has 0 aromatic rings. The van der Waals surface area contributed by atoms with E-state index in [1.54, 1.807) is 7.05 Å². The van der Waals surface area contributed by atoms with Gasteiger partial charge in [0.15, 0.2) is 0 Å². The van der Waals surface area contributed by atoms with Crippen molar-refractivity contribution in [1.29, 1.82) is 0 Å². The van der Waals surface area contributed by atoms with Crippen LogP contribution >= 0.6 is 0 Å². The molecule has 8 nitrogen and oxygen atoms in total. The molecule has 8 heteroatoms. The van der Waals surface area contributed by atoms with E-state index in [-0.39, 0.29) is 31.6 Å². The Kier molecular flexibility index (Phi) is 11.0. The Bertz CT molecular complexity index is 442. The van der Waals surface area contributed by atoms with Crippen molar-refractivity contribution in [1.82, 2.24) is 9.80 Å². The highest BCUT2D eigenvalue weighted by molar-refractivity contribution is 5.91. The second-order valence-electron chi connectivity index (χ2n) is 6.57. The topological polar surface area (TPSA) is 113 Å². The van der Waals surface area contributed by atoms with Crippen LogP contribution in [0.1, 0.15) is 40.0 Å². The van der Waals surface area contributed by atoms with Crippen LogP contribution in [-0.4, -0.2) is 78.6 Å². The number of likely N-dealkylation sites (N-methyl/N-ethyl adjacent to an activating group) is 2. The molecule has 3 amide bonds. The molecule has 146 valence electrons. The molecule has 0 spiro atoms. The van der Waals surface area contributed by atoms with Gasteiger partial charge in [-0.1, -0.05) is 20.8 Å². The van der Waals surface area contributed by atoms with Gasteiger partial charge in [0.05, 0.1) is 19.8 Å². The van der Waals surface area contributed by atoms with Gasteiger partial charge in [-0.05, 0) is 18.8 Å². The van der Waals surface area contributed by atoms with Crippen molar-refractivity contribution in [3.05, 3.63) is 0 Å². The number of aliphatic hydroxyl groups excluding tert-OH is 1. The predicted molar refractivity (Wildman–Crippen MR) is 94.6 cm³/mol. The van der Waals surface area contributed by atoms with Crippen molar-refractivity contribution in [2.45, 2.75) is 52.1 Å². The third-order valence-electron chi connectivity index (χ3n) is 3.96. The molecule has 0 fully saturated rings. The van der Waals surface area contributed by atoms with Crippen molar-refractivity contribution >= 4 is 17.7 Å². The molecule has 0 bridgehead atoms. The molecule has 0 aromatic heterocycles. The maximum Gasteiger partial charge on any atom is 0.248 e. The average Bonchev–Trinajstić information content (AvgIpc) is 2.54. The molecule has 0 aliphatic heterocycles. The summed E-state index contributed by atoms with van der Waals surface area (Å²) < 4.78 is 5.28. The Morgan fingerprint density at radius 3 is 2.16 bits per heavy atom. The van der Waals surface area contributed by atoms with E-state index in [9.17, 15) is 14.4 Å². The number of carbonyl (C=O) groups excluding carboxylic acids is 3. The zero-order valence-electron chi connectivity index (χ0n) is 16.0. The lowest BCUT2D eigenvalue weighted by Gasteiger charge is -2.34. The van der Waals surface area contributed by atoms with Crippen LogP contribution in [0.5, 0.6) is 0 Å². The Labute approximate surface area is 150 Å². The fraction of sp³-hybridized carbons (Fsp3) is 0.824. The highest BCUT2D eigenvalue weighted by Crippen LogP contribution is 2.14. The van der Waals surface area contributed by atoms with Crippen molar-refractivity contribution < 1.29 is 24.2 Å². The first-order valence-electron chi connectivity index (χ1n) is 8.67. The van der Waals surface area contributed by atoms with Crippen molar-refractivity contribution in [3.8, 4) is 0 Å². The summed E-state index contributed by atoms with van der Waals surface area (Å²) in [5, 5.41) is 8.86.